The van der Waals surface area contributed by atoms with Crippen LogP contribution in [-0.2, 0) is 6.42 Å². The van der Waals surface area contributed by atoms with Crippen LogP contribution >= 0.6 is 0 Å². The quantitative estimate of drug-likeness (QED) is 0.468. The fourth-order valence-electron chi connectivity index (χ4n) is 3.17. The van der Waals surface area contributed by atoms with Crippen molar-refractivity contribution in [2.45, 2.75) is 26.2 Å². The summed E-state index contributed by atoms with van der Waals surface area (Å²) in [4.78, 5) is 24.9. The van der Waals surface area contributed by atoms with E-state index in [0.717, 1.165) is 5.56 Å². The lowest BCUT2D eigenvalue weighted by Gasteiger charge is -2.05. The van der Waals surface area contributed by atoms with Gasteiger partial charge >= 0.3 is 11.6 Å². The Morgan fingerprint density at radius 3 is 2.58 bits per heavy atom. The largest absolute Gasteiger partial charge is 0.493 e. The van der Waals surface area contributed by atoms with E-state index in [2.05, 4.69) is 41.5 Å². The van der Waals surface area contributed by atoms with E-state index in [1.165, 1.54) is 18.7 Å². The van der Waals surface area contributed by atoms with E-state index in [1.54, 1.807) is 18.2 Å². The molecule has 158 valence electrons. The van der Waals surface area contributed by atoms with Crippen molar-refractivity contribution in [3.8, 4) is 5.75 Å². The summed E-state index contributed by atoms with van der Waals surface area (Å²) < 4.78 is 16.0. The minimum atomic E-state index is -0.792. The summed E-state index contributed by atoms with van der Waals surface area (Å²) in [6.07, 6.45) is 0.430. The van der Waals surface area contributed by atoms with Gasteiger partial charge in [0.25, 0.3) is 5.91 Å². The number of fused-ring (bicyclic) bond motifs is 1. The van der Waals surface area contributed by atoms with Crippen LogP contribution in [0, 0.1) is 0 Å². The van der Waals surface area contributed by atoms with E-state index < -0.39 is 11.5 Å². The maximum Gasteiger partial charge on any atom is 0.349 e. The maximum atomic E-state index is 12.6. The third-order valence-electron chi connectivity index (χ3n) is 4.88. The molecular formula is C23H21N3O5. The molecule has 0 spiro atoms. The molecule has 0 aliphatic heterocycles. The molecule has 2 aromatic carbocycles. The highest BCUT2D eigenvalue weighted by Crippen LogP contribution is 2.24. The highest BCUT2D eigenvalue weighted by molar-refractivity contribution is 6.04. The molecule has 0 aliphatic carbocycles. The highest BCUT2D eigenvalue weighted by Gasteiger charge is 2.18. The molecule has 0 saturated heterocycles. The molecule has 4 rings (SSSR count). The second-order valence-electron chi connectivity index (χ2n) is 7.35. The maximum absolute atomic E-state index is 12.6. The third kappa shape index (κ3) is 4.32. The molecule has 0 bridgehead atoms. The van der Waals surface area contributed by atoms with Crippen molar-refractivity contribution in [2.75, 3.05) is 12.4 Å². The van der Waals surface area contributed by atoms with Gasteiger partial charge in [-0.05, 0) is 29.2 Å². The van der Waals surface area contributed by atoms with E-state index in [9.17, 15) is 9.59 Å². The Labute approximate surface area is 177 Å². The topological polar surface area (TPSA) is 107 Å². The predicted molar refractivity (Wildman–Crippen MR) is 115 cm³/mol. The minimum Gasteiger partial charge on any atom is -0.493 e. The van der Waals surface area contributed by atoms with Gasteiger partial charge in [0.05, 0.1) is 13.5 Å². The van der Waals surface area contributed by atoms with Crippen LogP contribution in [-0.4, -0.2) is 23.2 Å². The van der Waals surface area contributed by atoms with Gasteiger partial charge in [0.1, 0.15) is 5.56 Å². The van der Waals surface area contributed by atoms with Crippen molar-refractivity contribution in [3.05, 3.63) is 81.5 Å². The van der Waals surface area contributed by atoms with Crippen molar-refractivity contribution < 1.29 is 18.4 Å². The monoisotopic (exact) mass is 419 g/mol. The lowest BCUT2D eigenvalue weighted by molar-refractivity contribution is 0.102. The zero-order chi connectivity index (χ0) is 22.0. The number of aromatic nitrogens is 2. The molecule has 31 heavy (non-hydrogen) atoms. The van der Waals surface area contributed by atoms with Crippen molar-refractivity contribution >= 4 is 22.9 Å². The standard InChI is InChI=1S/C23H21N3O5/c1-13(2)15-9-7-14(8-10-15)11-19-25-26-23(30-19)24-21(27)17-12-16-5-4-6-18(29-3)20(16)31-22(17)28/h4-10,12-13H,11H2,1-3H3,(H,24,26,27). The van der Waals surface area contributed by atoms with Gasteiger partial charge < -0.3 is 13.6 Å². The SMILES string of the molecule is COc1cccc2cc(C(=O)Nc3nnc(Cc4ccc(C(C)C)cc4)o3)c(=O)oc12. The normalized spacial score (nSPS) is 11.1. The zero-order valence-corrected chi connectivity index (χ0v) is 17.3. The van der Waals surface area contributed by atoms with Gasteiger partial charge in [0.15, 0.2) is 11.3 Å². The van der Waals surface area contributed by atoms with Crippen LogP contribution in [0.5, 0.6) is 5.75 Å². The number of rotatable bonds is 6. The first-order chi connectivity index (χ1) is 14.9. The molecule has 0 saturated carbocycles. The van der Waals surface area contributed by atoms with Gasteiger partial charge in [-0.3, -0.25) is 10.1 Å². The average Bonchev–Trinajstić information content (AvgIpc) is 3.19. The lowest BCUT2D eigenvalue weighted by atomic mass is 10.0. The summed E-state index contributed by atoms with van der Waals surface area (Å²) in [6.45, 7) is 4.27. The summed E-state index contributed by atoms with van der Waals surface area (Å²) >= 11 is 0. The molecule has 8 heteroatoms. The van der Waals surface area contributed by atoms with Crippen molar-refractivity contribution in [3.63, 3.8) is 0 Å². The van der Waals surface area contributed by atoms with Crippen LogP contribution in [0.3, 0.4) is 0 Å². The number of nitrogens with one attached hydrogen (secondary N) is 1. The summed E-state index contributed by atoms with van der Waals surface area (Å²) in [5, 5.41) is 10.8. The molecule has 8 nitrogen and oxygen atoms in total. The Bertz CT molecular complexity index is 1290. The second kappa shape index (κ2) is 8.43. The summed E-state index contributed by atoms with van der Waals surface area (Å²) in [5.41, 5.74) is 1.56. The van der Waals surface area contributed by atoms with E-state index in [0.29, 0.717) is 29.4 Å². The number of methoxy groups -OCH3 is 1. The lowest BCUT2D eigenvalue weighted by Crippen LogP contribution is -2.20. The average molecular weight is 419 g/mol. The number of hydrogen-bond donors (Lipinski definition) is 1. The van der Waals surface area contributed by atoms with Crippen LogP contribution < -0.4 is 15.7 Å². The number of benzene rings is 2. The van der Waals surface area contributed by atoms with E-state index in [-0.39, 0.29) is 17.2 Å². The zero-order valence-electron chi connectivity index (χ0n) is 17.3. The van der Waals surface area contributed by atoms with Gasteiger partial charge in [-0.25, -0.2) is 4.79 Å². The van der Waals surface area contributed by atoms with Gasteiger partial charge in [0.2, 0.25) is 5.89 Å². The number of carbonyl (C=O) groups excluding carboxylic acids is 1. The van der Waals surface area contributed by atoms with Crippen LogP contribution in [0.25, 0.3) is 11.0 Å². The molecule has 0 aliphatic rings. The van der Waals surface area contributed by atoms with E-state index >= 15 is 0 Å². The summed E-state index contributed by atoms with van der Waals surface area (Å²) in [5.74, 6) is 0.510. The fraction of sp³-hybridized carbons (Fsp3) is 0.217. The minimum absolute atomic E-state index is 0.0936. The van der Waals surface area contributed by atoms with Gasteiger partial charge in [-0.2, -0.15) is 0 Å². The number of hydrogen-bond acceptors (Lipinski definition) is 7. The molecule has 1 amide bonds. The van der Waals surface area contributed by atoms with Crippen LogP contribution in [0.4, 0.5) is 6.01 Å². The predicted octanol–water partition coefficient (Wildman–Crippen LogP) is 4.15. The van der Waals surface area contributed by atoms with Crippen LogP contribution in [0.1, 0.15) is 47.1 Å². The van der Waals surface area contributed by atoms with Crippen molar-refractivity contribution in [1.29, 1.82) is 0 Å². The fourth-order valence-corrected chi connectivity index (χ4v) is 3.17. The van der Waals surface area contributed by atoms with Crippen LogP contribution in [0.2, 0.25) is 0 Å². The first-order valence-electron chi connectivity index (χ1n) is 9.78. The highest BCUT2D eigenvalue weighted by atomic mass is 16.5. The number of para-hydroxylation sites is 1. The van der Waals surface area contributed by atoms with Gasteiger partial charge in [-0.1, -0.05) is 55.3 Å². The number of anilines is 1. The molecule has 1 N–H and O–H groups in total. The second-order valence-corrected chi connectivity index (χ2v) is 7.35. The van der Waals surface area contributed by atoms with Gasteiger partial charge in [-0.15, -0.1) is 5.10 Å². The smallest absolute Gasteiger partial charge is 0.349 e. The van der Waals surface area contributed by atoms with Crippen molar-refractivity contribution in [2.24, 2.45) is 0 Å². The molecule has 0 unspecified atom stereocenters. The molecule has 4 aromatic rings. The summed E-state index contributed by atoms with van der Waals surface area (Å²) in [7, 11) is 1.47. The Balaban J connectivity index is 1.50. The van der Waals surface area contributed by atoms with Gasteiger partial charge in [0, 0.05) is 5.39 Å². The number of nitrogens with zero attached hydrogens (tertiary/aromatic N) is 2. The molecule has 0 atom stereocenters. The molecule has 0 fully saturated rings. The Kier molecular flexibility index (Phi) is 5.53. The molecule has 2 aromatic heterocycles. The Hall–Kier alpha value is -3.94. The van der Waals surface area contributed by atoms with E-state index in [1.807, 2.05) is 12.1 Å². The third-order valence-corrected chi connectivity index (χ3v) is 4.88. The molecular weight excluding hydrogens is 398 g/mol. The number of carbonyl (C=O) groups is 1. The Morgan fingerprint density at radius 2 is 1.87 bits per heavy atom. The van der Waals surface area contributed by atoms with Crippen molar-refractivity contribution in [1.82, 2.24) is 10.2 Å². The first-order valence-corrected chi connectivity index (χ1v) is 9.78. The first kappa shape index (κ1) is 20.3. The van der Waals surface area contributed by atoms with E-state index in [4.69, 9.17) is 13.6 Å². The number of amides is 1. The molecule has 2 heterocycles. The molecule has 0 radical (unpaired) electrons. The summed E-state index contributed by atoms with van der Waals surface area (Å²) in [6, 6.07) is 14.6. The number of ether oxygens (including phenoxy) is 1. The Morgan fingerprint density at radius 1 is 1.10 bits per heavy atom. The van der Waals surface area contributed by atoms with Crippen LogP contribution in [0.15, 0.2) is 62.2 Å².